The zero-order valence-electron chi connectivity index (χ0n) is 13.9. The lowest BCUT2D eigenvalue weighted by molar-refractivity contribution is -0.384. The van der Waals surface area contributed by atoms with Crippen molar-refractivity contribution in [3.63, 3.8) is 0 Å². The van der Waals surface area contributed by atoms with Crippen LogP contribution in [0.5, 0.6) is 5.75 Å². The number of thioether (sulfide) groups is 1. The summed E-state index contributed by atoms with van der Waals surface area (Å²) in [6.45, 7) is 1.13. The van der Waals surface area contributed by atoms with Crippen LogP contribution in [-0.2, 0) is 4.79 Å². The number of hydrogen-bond donors (Lipinski definition) is 1. The Kier molecular flexibility index (Phi) is 6.59. The highest BCUT2D eigenvalue weighted by molar-refractivity contribution is 7.98. The molecule has 0 bridgehead atoms. The van der Waals surface area contributed by atoms with Crippen molar-refractivity contribution < 1.29 is 19.2 Å². The maximum atomic E-state index is 12.3. The van der Waals surface area contributed by atoms with Crippen molar-refractivity contribution in [3.05, 3.63) is 57.1 Å². The molecule has 0 heterocycles. The van der Waals surface area contributed by atoms with E-state index in [0.717, 1.165) is 11.0 Å². The number of halogens is 1. The fourth-order valence-electron chi connectivity index (χ4n) is 2.10. The van der Waals surface area contributed by atoms with Crippen molar-refractivity contribution in [2.24, 2.45) is 0 Å². The minimum Gasteiger partial charge on any atom is -0.484 e. The van der Waals surface area contributed by atoms with E-state index in [0.29, 0.717) is 11.3 Å². The number of nitro groups is 1. The molecule has 0 saturated heterocycles. The van der Waals surface area contributed by atoms with Crippen LogP contribution >= 0.6 is 23.4 Å². The number of ether oxygens (including phenoxy) is 1. The van der Waals surface area contributed by atoms with E-state index in [1.54, 1.807) is 18.2 Å². The van der Waals surface area contributed by atoms with E-state index in [-0.39, 0.29) is 34.8 Å². The summed E-state index contributed by atoms with van der Waals surface area (Å²) in [4.78, 5) is 34.4. The van der Waals surface area contributed by atoms with Gasteiger partial charge in [-0.2, -0.15) is 0 Å². The SMILES string of the molecule is CSc1cc(C(=O)COc2ccc([N+](=O)[O-])cc2Cl)ccc1NC(C)=O. The van der Waals surface area contributed by atoms with E-state index in [1.165, 1.54) is 30.8 Å². The number of amides is 1. The van der Waals surface area contributed by atoms with Crippen LogP contribution < -0.4 is 10.1 Å². The Hall–Kier alpha value is -2.58. The van der Waals surface area contributed by atoms with Crippen LogP contribution in [0.4, 0.5) is 11.4 Å². The first-order valence-corrected chi connectivity index (χ1v) is 8.97. The second-order valence-corrected chi connectivity index (χ2v) is 6.44. The van der Waals surface area contributed by atoms with Crippen LogP contribution in [0.3, 0.4) is 0 Å². The summed E-state index contributed by atoms with van der Waals surface area (Å²) in [6.07, 6.45) is 1.84. The second kappa shape index (κ2) is 8.68. The Bertz CT molecular complexity index is 872. The van der Waals surface area contributed by atoms with Crippen molar-refractivity contribution in [2.45, 2.75) is 11.8 Å². The van der Waals surface area contributed by atoms with Crippen LogP contribution in [-0.4, -0.2) is 29.5 Å². The number of carbonyl (C=O) groups is 2. The molecule has 0 atom stereocenters. The van der Waals surface area contributed by atoms with Crippen LogP contribution in [0.15, 0.2) is 41.3 Å². The molecule has 1 amide bonds. The van der Waals surface area contributed by atoms with Gasteiger partial charge in [0.15, 0.2) is 12.4 Å². The topological polar surface area (TPSA) is 98.5 Å². The maximum Gasteiger partial charge on any atom is 0.271 e. The minimum absolute atomic E-state index is 0.0535. The lowest BCUT2D eigenvalue weighted by Crippen LogP contribution is -2.13. The summed E-state index contributed by atoms with van der Waals surface area (Å²) >= 11 is 7.33. The average molecular weight is 395 g/mol. The third kappa shape index (κ3) is 4.96. The van der Waals surface area contributed by atoms with E-state index < -0.39 is 4.92 Å². The standard InChI is InChI=1S/C17H15ClN2O5S/c1-10(21)19-14-5-3-11(7-17(14)26-2)15(22)9-25-16-6-4-12(20(23)24)8-13(16)18/h3-8H,9H2,1-2H3,(H,19,21). The largest absolute Gasteiger partial charge is 0.484 e. The zero-order valence-corrected chi connectivity index (χ0v) is 15.5. The quantitative estimate of drug-likeness (QED) is 0.327. The summed E-state index contributed by atoms with van der Waals surface area (Å²) < 4.78 is 5.38. The number of Topliss-reactive ketones (excluding diaryl/α,β-unsaturated/α-hetero) is 1. The van der Waals surface area contributed by atoms with Crippen LogP contribution in [0, 0.1) is 10.1 Å². The van der Waals surface area contributed by atoms with E-state index >= 15 is 0 Å². The Morgan fingerprint density at radius 1 is 1.27 bits per heavy atom. The molecule has 2 rings (SSSR count). The Balaban J connectivity index is 2.10. The molecule has 0 aliphatic heterocycles. The highest BCUT2D eigenvalue weighted by Gasteiger charge is 2.14. The van der Waals surface area contributed by atoms with Gasteiger partial charge in [0.2, 0.25) is 5.91 Å². The van der Waals surface area contributed by atoms with Gasteiger partial charge < -0.3 is 10.1 Å². The van der Waals surface area contributed by atoms with Crippen LogP contribution in [0.25, 0.3) is 0 Å². The van der Waals surface area contributed by atoms with Gasteiger partial charge in [-0.25, -0.2) is 0 Å². The van der Waals surface area contributed by atoms with Crippen molar-refractivity contribution in [2.75, 3.05) is 18.2 Å². The van der Waals surface area contributed by atoms with Gasteiger partial charge in [0.05, 0.1) is 15.6 Å². The molecule has 7 nitrogen and oxygen atoms in total. The van der Waals surface area contributed by atoms with E-state index in [2.05, 4.69) is 5.32 Å². The predicted octanol–water partition coefficient (Wildman–Crippen LogP) is 4.19. The van der Waals surface area contributed by atoms with Crippen molar-refractivity contribution in [1.82, 2.24) is 0 Å². The molecule has 0 unspecified atom stereocenters. The Labute approximate surface area is 158 Å². The number of ketones is 1. The summed E-state index contributed by atoms with van der Waals surface area (Å²) in [5.74, 6) is -0.301. The molecule has 2 aromatic rings. The first kappa shape index (κ1) is 19.7. The fraction of sp³-hybridized carbons (Fsp3) is 0.176. The monoisotopic (exact) mass is 394 g/mol. The van der Waals surface area contributed by atoms with Gasteiger partial charge in [-0.15, -0.1) is 11.8 Å². The molecule has 0 aliphatic rings. The number of nitrogens with one attached hydrogen (secondary N) is 1. The van der Waals surface area contributed by atoms with Gasteiger partial charge in [-0.1, -0.05) is 11.6 Å². The van der Waals surface area contributed by atoms with Gasteiger partial charge in [-0.3, -0.25) is 19.7 Å². The van der Waals surface area contributed by atoms with Crippen molar-refractivity contribution in [3.8, 4) is 5.75 Å². The van der Waals surface area contributed by atoms with Crippen molar-refractivity contribution in [1.29, 1.82) is 0 Å². The molecule has 0 fully saturated rings. The van der Waals surface area contributed by atoms with Gasteiger partial charge in [0.1, 0.15) is 5.75 Å². The third-order valence-electron chi connectivity index (χ3n) is 3.32. The first-order valence-electron chi connectivity index (χ1n) is 7.37. The molecule has 2 aromatic carbocycles. The van der Waals surface area contributed by atoms with Crippen LogP contribution in [0.2, 0.25) is 5.02 Å². The number of anilines is 1. The maximum absolute atomic E-state index is 12.3. The highest BCUT2D eigenvalue weighted by atomic mass is 35.5. The zero-order chi connectivity index (χ0) is 19.3. The highest BCUT2D eigenvalue weighted by Crippen LogP contribution is 2.29. The molecule has 136 valence electrons. The first-order chi connectivity index (χ1) is 12.3. The minimum atomic E-state index is -0.568. The molecule has 0 aliphatic carbocycles. The number of benzene rings is 2. The van der Waals surface area contributed by atoms with E-state index in [9.17, 15) is 19.7 Å². The van der Waals surface area contributed by atoms with Crippen LogP contribution in [0.1, 0.15) is 17.3 Å². The third-order valence-corrected chi connectivity index (χ3v) is 4.39. The molecule has 9 heteroatoms. The molecule has 0 radical (unpaired) electrons. The summed E-state index contributed by atoms with van der Waals surface area (Å²) in [7, 11) is 0. The molecule has 1 N–H and O–H groups in total. The number of non-ortho nitro benzene ring substituents is 1. The fourth-order valence-corrected chi connectivity index (χ4v) is 2.92. The molecule has 0 spiro atoms. The molecule has 26 heavy (non-hydrogen) atoms. The predicted molar refractivity (Wildman–Crippen MR) is 100 cm³/mol. The van der Waals surface area contributed by atoms with Gasteiger partial charge in [0.25, 0.3) is 5.69 Å². The van der Waals surface area contributed by atoms with Gasteiger partial charge in [-0.05, 0) is 30.5 Å². The average Bonchev–Trinajstić information content (AvgIpc) is 2.60. The summed E-state index contributed by atoms with van der Waals surface area (Å²) in [6, 6.07) is 8.67. The lowest BCUT2D eigenvalue weighted by Gasteiger charge is -2.11. The van der Waals surface area contributed by atoms with E-state index in [1.807, 2.05) is 6.26 Å². The number of nitro benzene ring substituents is 1. The number of rotatable bonds is 7. The number of nitrogens with zero attached hydrogens (tertiary/aromatic N) is 1. The summed E-state index contributed by atoms with van der Waals surface area (Å²) in [5, 5.41) is 13.4. The Morgan fingerprint density at radius 3 is 2.58 bits per heavy atom. The second-order valence-electron chi connectivity index (χ2n) is 5.18. The molecular formula is C17H15ClN2O5S. The van der Waals surface area contributed by atoms with Crippen molar-refractivity contribution >= 4 is 46.4 Å². The molecular weight excluding hydrogens is 380 g/mol. The lowest BCUT2D eigenvalue weighted by atomic mass is 10.1. The number of hydrogen-bond acceptors (Lipinski definition) is 6. The molecule has 0 aromatic heterocycles. The normalized spacial score (nSPS) is 10.3. The van der Waals surface area contributed by atoms with Gasteiger partial charge in [0, 0.05) is 29.5 Å². The van der Waals surface area contributed by atoms with E-state index in [4.69, 9.17) is 16.3 Å². The Morgan fingerprint density at radius 2 is 2.00 bits per heavy atom. The number of carbonyl (C=O) groups excluding carboxylic acids is 2. The van der Waals surface area contributed by atoms with Gasteiger partial charge >= 0.3 is 0 Å². The smallest absolute Gasteiger partial charge is 0.271 e. The summed E-state index contributed by atoms with van der Waals surface area (Å²) in [5.41, 5.74) is 0.884. The molecule has 0 saturated carbocycles.